The molecule has 1 aromatic carbocycles. The minimum Gasteiger partial charge on any atom is -0.328 e. The van der Waals surface area contributed by atoms with E-state index in [-0.39, 0.29) is 11.9 Å². The minimum absolute atomic E-state index is 0.117. The molecule has 2 rings (SSSR count). The third-order valence-corrected chi connectivity index (χ3v) is 2.97. The van der Waals surface area contributed by atoms with E-state index in [1.54, 1.807) is 10.9 Å². The SMILES string of the molecule is CC(N)Cc1cnn(Cc2cc(F)cc(Br)c2)c1. The van der Waals surface area contributed by atoms with E-state index in [0.29, 0.717) is 6.54 Å². The molecule has 3 nitrogen and oxygen atoms in total. The van der Waals surface area contributed by atoms with Gasteiger partial charge in [0, 0.05) is 16.7 Å². The van der Waals surface area contributed by atoms with E-state index in [0.717, 1.165) is 22.0 Å². The highest BCUT2D eigenvalue weighted by Gasteiger charge is 2.04. The molecule has 0 aliphatic carbocycles. The molecule has 0 fully saturated rings. The average Bonchev–Trinajstić information content (AvgIpc) is 2.62. The summed E-state index contributed by atoms with van der Waals surface area (Å²) in [6.07, 6.45) is 4.55. The predicted octanol–water partition coefficient (Wildman–Crippen LogP) is 2.72. The summed E-state index contributed by atoms with van der Waals surface area (Å²) in [4.78, 5) is 0. The molecule has 2 N–H and O–H groups in total. The average molecular weight is 312 g/mol. The van der Waals surface area contributed by atoms with Gasteiger partial charge in [-0.25, -0.2) is 4.39 Å². The quantitative estimate of drug-likeness (QED) is 0.943. The van der Waals surface area contributed by atoms with Crippen molar-refractivity contribution in [1.82, 2.24) is 9.78 Å². The fourth-order valence-corrected chi connectivity index (χ4v) is 2.37. The summed E-state index contributed by atoms with van der Waals surface area (Å²) in [6.45, 7) is 2.51. The first-order chi connectivity index (χ1) is 8.52. The third-order valence-electron chi connectivity index (χ3n) is 2.51. The normalized spacial score (nSPS) is 12.7. The second-order valence-corrected chi connectivity index (χ2v) is 5.42. The number of nitrogens with zero attached hydrogens (tertiary/aromatic N) is 2. The lowest BCUT2D eigenvalue weighted by Crippen LogP contribution is -2.17. The molecule has 1 unspecified atom stereocenters. The van der Waals surface area contributed by atoms with Crippen LogP contribution in [-0.2, 0) is 13.0 Å². The Bertz CT molecular complexity index is 517. The Kier molecular flexibility index (Phi) is 4.14. The van der Waals surface area contributed by atoms with Gasteiger partial charge in [0.2, 0.25) is 0 Å². The van der Waals surface area contributed by atoms with Gasteiger partial charge in [0.25, 0.3) is 0 Å². The van der Waals surface area contributed by atoms with Crippen LogP contribution in [0.1, 0.15) is 18.1 Å². The van der Waals surface area contributed by atoms with Crippen LogP contribution < -0.4 is 5.73 Å². The molecule has 2 aromatic rings. The molecule has 18 heavy (non-hydrogen) atoms. The van der Waals surface area contributed by atoms with Gasteiger partial charge in [0.15, 0.2) is 0 Å². The summed E-state index contributed by atoms with van der Waals surface area (Å²) >= 11 is 3.28. The molecule has 0 saturated carbocycles. The molecular formula is C13H15BrFN3. The third kappa shape index (κ3) is 3.65. The summed E-state index contributed by atoms with van der Waals surface area (Å²) in [5, 5.41) is 4.25. The van der Waals surface area contributed by atoms with Crippen molar-refractivity contribution in [2.45, 2.75) is 25.9 Å². The van der Waals surface area contributed by atoms with Crippen LogP contribution >= 0.6 is 15.9 Å². The number of aromatic nitrogens is 2. The first-order valence-electron chi connectivity index (χ1n) is 5.75. The number of hydrogen-bond donors (Lipinski definition) is 1. The van der Waals surface area contributed by atoms with Crippen LogP contribution in [0.4, 0.5) is 4.39 Å². The van der Waals surface area contributed by atoms with Crippen LogP contribution in [0.3, 0.4) is 0 Å². The molecule has 1 atom stereocenters. The van der Waals surface area contributed by atoms with Crippen LogP contribution in [-0.4, -0.2) is 15.8 Å². The van der Waals surface area contributed by atoms with Gasteiger partial charge in [0.1, 0.15) is 5.82 Å². The van der Waals surface area contributed by atoms with Crippen molar-refractivity contribution in [2.24, 2.45) is 5.73 Å². The molecule has 96 valence electrons. The van der Waals surface area contributed by atoms with Gasteiger partial charge in [-0.2, -0.15) is 5.10 Å². The molecule has 1 heterocycles. The Hall–Kier alpha value is -1.20. The molecular weight excluding hydrogens is 297 g/mol. The second-order valence-electron chi connectivity index (χ2n) is 4.51. The topological polar surface area (TPSA) is 43.8 Å². The minimum atomic E-state index is -0.248. The predicted molar refractivity (Wildman–Crippen MR) is 72.8 cm³/mol. The molecule has 0 aliphatic heterocycles. The number of nitrogens with two attached hydrogens (primary N) is 1. The molecule has 0 radical (unpaired) electrons. The Morgan fingerprint density at radius 2 is 2.17 bits per heavy atom. The molecule has 1 aromatic heterocycles. The Labute approximate surface area is 114 Å². The van der Waals surface area contributed by atoms with Crippen molar-refractivity contribution in [2.75, 3.05) is 0 Å². The molecule has 0 amide bonds. The van der Waals surface area contributed by atoms with E-state index >= 15 is 0 Å². The highest BCUT2D eigenvalue weighted by atomic mass is 79.9. The van der Waals surface area contributed by atoms with Gasteiger partial charge in [-0.1, -0.05) is 15.9 Å². The van der Waals surface area contributed by atoms with Crippen LogP contribution in [0, 0.1) is 5.82 Å². The zero-order valence-electron chi connectivity index (χ0n) is 10.1. The molecule has 0 spiro atoms. The summed E-state index contributed by atoms with van der Waals surface area (Å²) in [7, 11) is 0. The number of benzene rings is 1. The first kappa shape index (κ1) is 13.2. The summed E-state index contributed by atoms with van der Waals surface area (Å²) in [5.74, 6) is -0.248. The lowest BCUT2D eigenvalue weighted by molar-refractivity contribution is 0.618. The zero-order valence-corrected chi connectivity index (χ0v) is 11.7. The molecule has 0 saturated heterocycles. The van der Waals surface area contributed by atoms with E-state index in [1.165, 1.54) is 12.1 Å². The van der Waals surface area contributed by atoms with E-state index in [4.69, 9.17) is 5.73 Å². The van der Waals surface area contributed by atoms with Crippen molar-refractivity contribution in [3.05, 3.63) is 52.0 Å². The van der Waals surface area contributed by atoms with E-state index in [1.807, 2.05) is 19.2 Å². The lowest BCUT2D eigenvalue weighted by Gasteiger charge is -2.03. The highest BCUT2D eigenvalue weighted by molar-refractivity contribution is 9.10. The summed E-state index contributed by atoms with van der Waals surface area (Å²) < 4.78 is 15.8. The molecule has 5 heteroatoms. The highest BCUT2D eigenvalue weighted by Crippen LogP contribution is 2.16. The molecule has 0 aliphatic rings. The van der Waals surface area contributed by atoms with Gasteiger partial charge in [-0.3, -0.25) is 4.68 Å². The summed E-state index contributed by atoms with van der Waals surface area (Å²) in [5.41, 5.74) is 7.70. The van der Waals surface area contributed by atoms with Gasteiger partial charge in [-0.05, 0) is 42.7 Å². The monoisotopic (exact) mass is 311 g/mol. The largest absolute Gasteiger partial charge is 0.328 e. The smallest absolute Gasteiger partial charge is 0.124 e. The van der Waals surface area contributed by atoms with Crippen LogP contribution in [0.5, 0.6) is 0 Å². The Balaban J connectivity index is 2.11. The number of halogens is 2. The standard InChI is InChI=1S/C13H15BrFN3/c1-9(16)2-11-6-17-18(8-11)7-10-3-12(14)5-13(15)4-10/h3-6,8-9H,2,7,16H2,1H3. The summed E-state index contributed by atoms with van der Waals surface area (Å²) in [6, 6.07) is 4.95. The molecule has 0 bridgehead atoms. The van der Waals surface area contributed by atoms with Gasteiger partial charge >= 0.3 is 0 Å². The number of hydrogen-bond acceptors (Lipinski definition) is 2. The maximum atomic E-state index is 13.2. The zero-order chi connectivity index (χ0) is 13.1. The Morgan fingerprint density at radius 3 is 2.83 bits per heavy atom. The van der Waals surface area contributed by atoms with Crippen molar-refractivity contribution in [1.29, 1.82) is 0 Å². The van der Waals surface area contributed by atoms with Crippen molar-refractivity contribution in [3.8, 4) is 0 Å². The fraction of sp³-hybridized carbons (Fsp3) is 0.308. The lowest BCUT2D eigenvalue weighted by atomic mass is 10.1. The van der Waals surface area contributed by atoms with Crippen LogP contribution in [0.25, 0.3) is 0 Å². The maximum absolute atomic E-state index is 13.2. The van der Waals surface area contributed by atoms with Gasteiger partial charge in [-0.15, -0.1) is 0 Å². The van der Waals surface area contributed by atoms with Crippen molar-refractivity contribution < 1.29 is 4.39 Å². The van der Waals surface area contributed by atoms with Crippen molar-refractivity contribution in [3.63, 3.8) is 0 Å². The Morgan fingerprint density at radius 1 is 1.39 bits per heavy atom. The van der Waals surface area contributed by atoms with E-state index in [2.05, 4.69) is 21.0 Å². The fourth-order valence-electron chi connectivity index (χ4n) is 1.86. The van der Waals surface area contributed by atoms with Crippen LogP contribution in [0.15, 0.2) is 35.1 Å². The second kappa shape index (κ2) is 5.63. The van der Waals surface area contributed by atoms with E-state index in [9.17, 15) is 4.39 Å². The van der Waals surface area contributed by atoms with Gasteiger partial charge in [0.05, 0.1) is 12.7 Å². The first-order valence-corrected chi connectivity index (χ1v) is 6.54. The maximum Gasteiger partial charge on any atom is 0.124 e. The number of rotatable bonds is 4. The van der Waals surface area contributed by atoms with E-state index < -0.39 is 0 Å². The van der Waals surface area contributed by atoms with Gasteiger partial charge < -0.3 is 5.73 Å². The van der Waals surface area contributed by atoms with Crippen LogP contribution in [0.2, 0.25) is 0 Å². The van der Waals surface area contributed by atoms with Crippen molar-refractivity contribution >= 4 is 15.9 Å².